The van der Waals surface area contributed by atoms with Crippen LogP contribution in [0.2, 0.25) is 0 Å². The lowest BCUT2D eigenvalue weighted by molar-refractivity contribution is -0.134. The molecule has 0 aliphatic carbocycles. The van der Waals surface area contributed by atoms with Gasteiger partial charge in [-0.3, -0.25) is 4.90 Å². The molecule has 0 unspecified atom stereocenters. The number of likely N-dealkylation sites (N-methyl/N-ethyl adjacent to an activating group) is 1. The van der Waals surface area contributed by atoms with E-state index in [-0.39, 0.29) is 11.6 Å². The Kier molecular flexibility index (Phi) is 12.5. The van der Waals surface area contributed by atoms with E-state index < -0.39 is 22.0 Å². The lowest BCUT2D eigenvalue weighted by Crippen LogP contribution is -2.43. The molecule has 1 aliphatic heterocycles. The summed E-state index contributed by atoms with van der Waals surface area (Å²) < 4.78 is 39.3. The van der Waals surface area contributed by atoms with Crippen molar-refractivity contribution >= 4 is 48.8 Å². The molecule has 2 N–H and O–H groups in total. The van der Waals surface area contributed by atoms with E-state index in [4.69, 9.17) is 10.2 Å². The predicted molar refractivity (Wildman–Crippen MR) is 153 cm³/mol. The highest BCUT2D eigenvalue weighted by Gasteiger charge is 2.21. The van der Waals surface area contributed by atoms with Gasteiger partial charge in [0.1, 0.15) is 5.82 Å². The van der Waals surface area contributed by atoms with Gasteiger partial charge in [0, 0.05) is 60.9 Å². The third-order valence-corrected chi connectivity index (χ3v) is 7.59. The van der Waals surface area contributed by atoms with Crippen LogP contribution in [0.3, 0.4) is 0 Å². The highest BCUT2D eigenvalue weighted by Crippen LogP contribution is 2.28. The van der Waals surface area contributed by atoms with Gasteiger partial charge in [-0.15, -0.1) is 6.58 Å². The zero-order valence-corrected chi connectivity index (χ0v) is 23.8. The summed E-state index contributed by atoms with van der Waals surface area (Å²) in [5.41, 5.74) is 1.77. The third-order valence-electron chi connectivity index (χ3n) is 5.53. The largest absolute Gasteiger partial charge is 0.478 e. The zero-order valence-electron chi connectivity index (χ0n) is 21.4. The number of hydrogen-bond donors (Lipinski definition) is 2. The summed E-state index contributed by atoms with van der Waals surface area (Å²) >= 11 is 3.49. The number of hydrogen-bond acceptors (Lipinski definition) is 6. The van der Waals surface area contributed by atoms with Crippen molar-refractivity contribution in [1.29, 1.82) is 0 Å². The molecule has 1 fully saturated rings. The number of piperazine rings is 1. The molecule has 9 nitrogen and oxygen atoms in total. The Morgan fingerprint density at radius 3 is 2.10 bits per heavy atom. The number of nitrogens with zero attached hydrogens (tertiary/aromatic N) is 3. The minimum absolute atomic E-state index is 0.0687. The Balaban J connectivity index is 0.000000290. The maximum Gasteiger partial charge on any atom is 0.328 e. The molecule has 0 bridgehead atoms. The molecule has 39 heavy (non-hydrogen) atoms. The second-order valence-corrected chi connectivity index (χ2v) is 11.4. The quantitative estimate of drug-likeness (QED) is 0.299. The highest BCUT2D eigenvalue weighted by atomic mass is 79.9. The first kappa shape index (κ1) is 31.9. The Morgan fingerprint density at radius 2 is 1.62 bits per heavy atom. The average molecular weight is 625 g/mol. The van der Waals surface area contributed by atoms with E-state index in [1.807, 2.05) is 18.2 Å². The summed E-state index contributed by atoms with van der Waals surface area (Å²) in [5, 5.41) is 16.6. The average Bonchev–Trinajstić information content (AvgIpc) is 3.24. The molecule has 1 aromatic heterocycles. The summed E-state index contributed by atoms with van der Waals surface area (Å²) in [4.78, 5) is 23.8. The fourth-order valence-corrected chi connectivity index (χ4v) is 5.19. The summed E-state index contributed by atoms with van der Waals surface area (Å²) in [6, 6.07) is 13.7. The third kappa shape index (κ3) is 10.8. The number of rotatable bonds is 7. The summed E-state index contributed by atoms with van der Waals surface area (Å²) in [6.45, 7) is 8.39. The monoisotopic (exact) mass is 623 g/mol. The SMILES string of the molecule is C=CCS(=O)(=O)n1cc(CN2CCN(C)CC2)c2cc(Br)ccc21.Fc1ccccc1.O=C(O)/C=C\C(=O)O. The van der Waals surface area contributed by atoms with Crippen molar-refractivity contribution in [3.8, 4) is 0 Å². The van der Waals surface area contributed by atoms with Gasteiger partial charge >= 0.3 is 11.9 Å². The molecule has 0 spiro atoms. The number of halogens is 2. The molecule has 1 aliphatic rings. The number of carbonyl (C=O) groups is 2. The van der Waals surface area contributed by atoms with E-state index in [0.29, 0.717) is 12.2 Å². The number of aromatic nitrogens is 1. The summed E-state index contributed by atoms with van der Waals surface area (Å²) in [6.07, 6.45) is 4.32. The van der Waals surface area contributed by atoms with Crippen LogP contribution < -0.4 is 0 Å². The molecule has 3 aromatic rings. The molecule has 0 amide bonds. The van der Waals surface area contributed by atoms with Crippen molar-refractivity contribution in [2.75, 3.05) is 39.0 Å². The van der Waals surface area contributed by atoms with E-state index in [1.165, 1.54) is 22.2 Å². The number of carboxylic acid groups (broad SMARTS) is 2. The molecule has 2 aromatic carbocycles. The lowest BCUT2D eigenvalue weighted by atomic mass is 10.1. The molecule has 210 valence electrons. The first-order valence-electron chi connectivity index (χ1n) is 11.8. The van der Waals surface area contributed by atoms with Crippen molar-refractivity contribution < 1.29 is 32.6 Å². The Hall–Kier alpha value is -3.32. The second kappa shape index (κ2) is 15.3. The van der Waals surface area contributed by atoms with E-state index in [1.54, 1.807) is 24.4 Å². The normalized spacial score (nSPS) is 14.2. The van der Waals surface area contributed by atoms with Gasteiger partial charge in [0.05, 0.1) is 11.3 Å². The van der Waals surface area contributed by atoms with Crippen LogP contribution in [0.1, 0.15) is 5.56 Å². The van der Waals surface area contributed by atoms with Gasteiger partial charge in [-0.2, -0.15) is 0 Å². The molecular weight excluding hydrogens is 593 g/mol. The molecular formula is C27H31BrFN3O6S. The minimum atomic E-state index is -3.42. The standard InChI is InChI=1S/C17H22BrN3O2S.C6H5F.C4H4O4/c1-3-10-24(22,23)21-13-14(12-20-8-6-19(2)7-9-20)16-11-15(18)4-5-17(16)21;7-6-4-2-1-3-5-6;5-3(6)1-2-4(7)8/h3-5,11,13H,1,6-10,12H2,2H3;1-5H;1-2H,(H,5,6)(H,7,8)/b;;2-1-. The van der Waals surface area contributed by atoms with Crippen LogP contribution in [0.25, 0.3) is 10.9 Å². The van der Waals surface area contributed by atoms with E-state index in [2.05, 4.69) is 39.4 Å². The molecule has 0 saturated carbocycles. The predicted octanol–water partition coefficient (Wildman–Crippen LogP) is 4.05. The second-order valence-electron chi connectivity index (χ2n) is 8.56. The fourth-order valence-electron chi connectivity index (χ4n) is 3.63. The molecule has 4 rings (SSSR count). The van der Waals surface area contributed by atoms with Gasteiger partial charge < -0.3 is 15.1 Å². The van der Waals surface area contributed by atoms with Crippen molar-refractivity contribution in [3.63, 3.8) is 0 Å². The maximum absolute atomic E-state index is 12.5. The molecule has 0 radical (unpaired) electrons. The molecule has 2 heterocycles. The van der Waals surface area contributed by atoms with Crippen molar-refractivity contribution in [2.24, 2.45) is 0 Å². The topological polar surface area (TPSA) is 120 Å². The van der Waals surface area contributed by atoms with Gasteiger partial charge in [-0.25, -0.2) is 26.4 Å². The lowest BCUT2D eigenvalue weighted by Gasteiger charge is -2.32. The summed E-state index contributed by atoms with van der Waals surface area (Å²) in [5.74, 6) is -2.76. The van der Waals surface area contributed by atoms with Crippen LogP contribution in [0.15, 0.2) is 84.0 Å². The van der Waals surface area contributed by atoms with Crippen molar-refractivity contribution in [3.05, 3.63) is 95.4 Å². The number of carboxylic acids is 2. The molecule has 1 saturated heterocycles. The van der Waals surface area contributed by atoms with Crippen molar-refractivity contribution in [2.45, 2.75) is 6.54 Å². The number of benzene rings is 2. The molecule has 12 heteroatoms. The van der Waals surface area contributed by atoms with E-state index in [0.717, 1.165) is 53.7 Å². The van der Waals surface area contributed by atoms with Gasteiger partial charge in [0.15, 0.2) is 0 Å². The number of aliphatic carboxylic acids is 2. The van der Waals surface area contributed by atoms with Crippen LogP contribution in [0.5, 0.6) is 0 Å². The van der Waals surface area contributed by atoms with Gasteiger partial charge in [0.2, 0.25) is 10.0 Å². The minimum Gasteiger partial charge on any atom is -0.478 e. The Bertz CT molecular complexity index is 1390. The van der Waals surface area contributed by atoms with Crippen LogP contribution >= 0.6 is 15.9 Å². The van der Waals surface area contributed by atoms with Crippen LogP contribution in [0, 0.1) is 5.82 Å². The highest BCUT2D eigenvalue weighted by molar-refractivity contribution is 9.10. The first-order chi connectivity index (χ1) is 18.4. The summed E-state index contributed by atoms with van der Waals surface area (Å²) in [7, 11) is -1.29. The molecule has 0 atom stereocenters. The smallest absolute Gasteiger partial charge is 0.328 e. The van der Waals surface area contributed by atoms with Gasteiger partial charge in [-0.1, -0.05) is 40.2 Å². The first-order valence-corrected chi connectivity index (χ1v) is 14.2. The van der Waals surface area contributed by atoms with Crippen LogP contribution in [-0.4, -0.2) is 83.3 Å². The zero-order chi connectivity index (χ0) is 29.0. The maximum atomic E-state index is 12.5. The Labute approximate surface area is 235 Å². The van der Waals surface area contributed by atoms with Gasteiger partial charge in [0.25, 0.3) is 0 Å². The number of fused-ring (bicyclic) bond motifs is 1. The van der Waals surface area contributed by atoms with Crippen LogP contribution in [-0.2, 0) is 26.2 Å². The fraction of sp³-hybridized carbons (Fsp3) is 0.259. The van der Waals surface area contributed by atoms with Crippen LogP contribution in [0.4, 0.5) is 4.39 Å². The van der Waals surface area contributed by atoms with E-state index >= 15 is 0 Å². The van der Waals surface area contributed by atoms with Gasteiger partial charge in [-0.05, 0) is 42.9 Å². The Morgan fingerprint density at radius 1 is 1.03 bits per heavy atom. The van der Waals surface area contributed by atoms with Crippen molar-refractivity contribution in [1.82, 2.24) is 13.8 Å². The van der Waals surface area contributed by atoms with E-state index in [9.17, 15) is 22.4 Å².